The fourth-order valence-electron chi connectivity index (χ4n) is 4.00. The molecule has 0 aromatic heterocycles. The molecule has 3 amide bonds. The summed E-state index contributed by atoms with van der Waals surface area (Å²) in [7, 11) is 4.39. The summed E-state index contributed by atoms with van der Waals surface area (Å²) >= 11 is 0. The molecule has 3 atom stereocenters. The Balaban J connectivity index is 2.31. The number of nitrogens with one attached hydrogen (secondary N) is 3. The van der Waals surface area contributed by atoms with Crippen LogP contribution in [0.3, 0.4) is 0 Å². The Labute approximate surface area is 205 Å². The molecule has 11 nitrogen and oxygen atoms in total. The third kappa shape index (κ3) is 7.25. The molecular formula is C24H35N3O8. The predicted molar refractivity (Wildman–Crippen MR) is 129 cm³/mol. The lowest BCUT2D eigenvalue weighted by atomic mass is 9.87. The van der Waals surface area contributed by atoms with Crippen molar-refractivity contribution in [2.75, 3.05) is 26.6 Å². The van der Waals surface area contributed by atoms with Crippen LogP contribution in [0.1, 0.15) is 40.0 Å². The Morgan fingerprint density at radius 2 is 1.63 bits per heavy atom. The van der Waals surface area contributed by atoms with Gasteiger partial charge in [-0.05, 0) is 18.9 Å². The molecule has 35 heavy (non-hydrogen) atoms. The van der Waals surface area contributed by atoms with Crippen molar-refractivity contribution >= 4 is 23.6 Å². The fraction of sp³-hybridized carbons (Fsp3) is 0.542. The third-order valence-electron chi connectivity index (χ3n) is 5.74. The zero-order valence-corrected chi connectivity index (χ0v) is 21.0. The van der Waals surface area contributed by atoms with Gasteiger partial charge in [0.15, 0.2) is 11.5 Å². The second kappa shape index (κ2) is 12.8. The zero-order valence-electron chi connectivity index (χ0n) is 21.0. The molecule has 1 aliphatic carbocycles. The van der Waals surface area contributed by atoms with Gasteiger partial charge in [0.25, 0.3) is 0 Å². The first-order chi connectivity index (χ1) is 16.7. The number of hydrogen-bond donors (Lipinski definition) is 4. The van der Waals surface area contributed by atoms with Crippen LogP contribution in [0.25, 0.3) is 0 Å². The van der Waals surface area contributed by atoms with Crippen molar-refractivity contribution in [3.05, 3.63) is 23.8 Å². The van der Waals surface area contributed by atoms with Gasteiger partial charge in [-0.2, -0.15) is 0 Å². The minimum absolute atomic E-state index is 0.00569. The van der Waals surface area contributed by atoms with Crippen molar-refractivity contribution in [1.82, 2.24) is 10.6 Å². The number of urea groups is 1. The summed E-state index contributed by atoms with van der Waals surface area (Å²) in [4.78, 5) is 36.7. The van der Waals surface area contributed by atoms with Gasteiger partial charge in [-0.15, -0.1) is 0 Å². The largest absolute Gasteiger partial charge is 0.493 e. The van der Waals surface area contributed by atoms with Crippen LogP contribution in [0.15, 0.2) is 23.8 Å². The Morgan fingerprint density at radius 3 is 2.09 bits per heavy atom. The van der Waals surface area contributed by atoms with Crippen LogP contribution in [0, 0.1) is 0 Å². The number of carbonyl (C=O) groups is 3. The molecule has 0 spiro atoms. The maximum Gasteiger partial charge on any atom is 0.331 e. The summed E-state index contributed by atoms with van der Waals surface area (Å²) in [6.45, 7) is 5.29. The molecular weight excluding hydrogens is 458 g/mol. The summed E-state index contributed by atoms with van der Waals surface area (Å²) < 4.78 is 22.0. The molecule has 0 saturated carbocycles. The molecule has 2 rings (SSSR count). The summed E-state index contributed by atoms with van der Waals surface area (Å²) in [5.41, 5.74) is 0.461. The van der Waals surface area contributed by atoms with E-state index in [9.17, 15) is 19.5 Å². The van der Waals surface area contributed by atoms with E-state index in [2.05, 4.69) is 16.0 Å². The first kappa shape index (κ1) is 27.8. The number of carboxylic acids is 1. The van der Waals surface area contributed by atoms with Crippen molar-refractivity contribution in [2.24, 2.45) is 0 Å². The van der Waals surface area contributed by atoms with Gasteiger partial charge in [0.05, 0.1) is 51.3 Å². The number of ether oxygens (including phenoxy) is 4. The maximum atomic E-state index is 12.9. The van der Waals surface area contributed by atoms with Crippen LogP contribution in [-0.2, 0) is 14.3 Å². The molecule has 0 heterocycles. The normalized spacial score (nSPS) is 19.4. The Hall–Kier alpha value is -3.47. The van der Waals surface area contributed by atoms with E-state index >= 15 is 0 Å². The molecule has 1 aromatic carbocycles. The predicted octanol–water partition coefficient (Wildman–Crippen LogP) is 2.70. The second-order valence-electron chi connectivity index (χ2n) is 8.09. The topological polar surface area (TPSA) is 144 Å². The average Bonchev–Trinajstić information content (AvgIpc) is 2.82. The number of aliphatic carboxylic acids is 1. The molecule has 1 aromatic rings. The summed E-state index contributed by atoms with van der Waals surface area (Å²) in [6, 6.07) is 1.12. The van der Waals surface area contributed by atoms with Gasteiger partial charge in [-0.1, -0.05) is 13.8 Å². The highest BCUT2D eigenvalue weighted by molar-refractivity contribution is 5.91. The molecule has 1 aliphatic rings. The van der Waals surface area contributed by atoms with Crippen LogP contribution in [0.4, 0.5) is 10.5 Å². The van der Waals surface area contributed by atoms with Crippen LogP contribution in [0.2, 0.25) is 0 Å². The lowest BCUT2D eigenvalue weighted by Crippen LogP contribution is -2.60. The lowest BCUT2D eigenvalue weighted by molar-refractivity contribution is -0.133. The molecule has 0 radical (unpaired) electrons. The smallest absolute Gasteiger partial charge is 0.331 e. The van der Waals surface area contributed by atoms with Crippen LogP contribution in [-0.4, -0.2) is 68.6 Å². The molecule has 4 N–H and O–H groups in total. The van der Waals surface area contributed by atoms with Gasteiger partial charge < -0.3 is 40.0 Å². The molecule has 0 bridgehead atoms. The van der Waals surface area contributed by atoms with Gasteiger partial charge in [-0.3, -0.25) is 4.79 Å². The van der Waals surface area contributed by atoms with Crippen molar-refractivity contribution in [3.8, 4) is 17.2 Å². The number of hydrogen-bond acceptors (Lipinski definition) is 7. The summed E-state index contributed by atoms with van der Waals surface area (Å²) in [6.07, 6.45) is 2.10. The fourth-order valence-corrected chi connectivity index (χ4v) is 4.00. The number of rotatable bonds is 11. The van der Waals surface area contributed by atoms with Gasteiger partial charge in [0, 0.05) is 31.1 Å². The average molecular weight is 494 g/mol. The van der Waals surface area contributed by atoms with Crippen molar-refractivity contribution in [3.63, 3.8) is 0 Å². The van der Waals surface area contributed by atoms with E-state index in [1.807, 2.05) is 13.8 Å². The molecule has 11 heteroatoms. The number of benzene rings is 1. The monoisotopic (exact) mass is 493 g/mol. The van der Waals surface area contributed by atoms with Crippen LogP contribution >= 0.6 is 0 Å². The Bertz CT molecular complexity index is 920. The highest BCUT2D eigenvalue weighted by atomic mass is 16.5. The number of carbonyl (C=O) groups excluding carboxylic acids is 2. The number of amides is 3. The van der Waals surface area contributed by atoms with Crippen molar-refractivity contribution in [2.45, 2.75) is 64.3 Å². The first-order valence-corrected chi connectivity index (χ1v) is 11.4. The van der Waals surface area contributed by atoms with E-state index in [4.69, 9.17) is 18.9 Å². The lowest BCUT2D eigenvalue weighted by Gasteiger charge is -2.38. The van der Waals surface area contributed by atoms with Gasteiger partial charge >= 0.3 is 12.0 Å². The minimum atomic E-state index is -1.11. The van der Waals surface area contributed by atoms with Gasteiger partial charge in [0.1, 0.15) is 0 Å². The van der Waals surface area contributed by atoms with Gasteiger partial charge in [0.2, 0.25) is 11.7 Å². The standard InChI is InChI=1S/C24H35N3O8/c1-7-16(8-2)35-18-10-14(23(29)30)9-17(21(18)25-13(3)28)27-24(31)26-15-11-19(32-4)22(34-6)20(12-15)33-5/h10-12,16-18,21H,7-9H2,1-6H3,(H,25,28)(H,29,30)(H2,26,27,31)/t17-,18+,21+/m0/s1. The molecule has 0 fully saturated rings. The minimum Gasteiger partial charge on any atom is -0.493 e. The Kier molecular flexibility index (Phi) is 10.2. The number of methoxy groups -OCH3 is 3. The molecule has 0 unspecified atom stereocenters. The van der Waals surface area contributed by atoms with Gasteiger partial charge in [-0.25, -0.2) is 9.59 Å². The summed E-state index contributed by atoms with van der Waals surface area (Å²) in [5.74, 6) is -0.355. The van der Waals surface area contributed by atoms with E-state index in [-0.39, 0.29) is 24.0 Å². The van der Waals surface area contributed by atoms with E-state index in [0.717, 1.165) is 12.8 Å². The van der Waals surface area contributed by atoms with E-state index in [1.54, 1.807) is 12.1 Å². The summed E-state index contributed by atoms with van der Waals surface area (Å²) in [5, 5.41) is 17.9. The molecule has 0 aliphatic heterocycles. The highest BCUT2D eigenvalue weighted by Crippen LogP contribution is 2.40. The number of carboxylic acid groups (broad SMARTS) is 1. The Morgan fingerprint density at radius 1 is 1.03 bits per heavy atom. The second-order valence-corrected chi connectivity index (χ2v) is 8.09. The van der Waals surface area contributed by atoms with E-state index < -0.39 is 30.2 Å². The van der Waals surface area contributed by atoms with Crippen LogP contribution in [0.5, 0.6) is 17.2 Å². The highest BCUT2D eigenvalue weighted by Gasteiger charge is 2.38. The van der Waals surface area contributed by atoms with Crippen LogP contribution < -0.4 is 30.2 Å². The first-order valence-electron chi connectivity index (χ1n) is 11.4. The zero-order chi connectivity index (χ0) is 26.1. The van der Waals surface area contributed by atoms with Crippen molar-refractivity contribution in [1.29, 1.82) is 0 Å². The SMILES string of the molecule is CCC(CC)O[C@@H]1C=C(C(=O)O)C[C@H](NC(=O)Nc2cc(OC)c(OC)c(OC)c2)[C@H]1NC(C)=O. The quantitative estimate of drug-likeness (QED) is 0.368. The van der Waals surface area contributed by atoms with Crippen molar-refractivity contribution < 1.29 is 38.4 Å². The van der Waals surface area contributed by atoms with E-state index in [0.29, 0.717) is 22.9 Å². The maximum absolute atomic E-state index is 12.9. The molecule has 194 valence electrons. The molecule has 0 saturated heterocycles. The number of anilines is 1. The van der Waals surface area contributed by atoms with E-state index in [1.165, 1.54) is 34.3 Å². The third-order valence-corrected chi connectivity index (χ3v) is 5.74.